The Hall–Kier alpha value is -2.64. The second-order valence-electron chi connectivity index (χ2n) is 5.55. The predicted molar refractivity (Wildman–Crippen MR) is 105 cm³/mol. The van der Waals surface area contributed by atoms with Crippen LogP contribution >= 0.6 is 11.3 Å². The van der Waals surface area contributed by atoms with Crippen molar-refractivity contribution < 1.29 is 9.00 Å². The molecule has 3 N–H and O–H groups in total. The van der Waals surface area contributed by atoms with E-state index >= 15 is 0 Å². The van der Waals surface area contributed by atoms with Crippen molar-refractivity contribution in [3.63, 3.8) is 0 Å². The Bertz CT molecular complexity index is 996. The van der Waals surface area contributed by atoms with Crippen molar-refractivity contribution in [1.29, 1.82) is 4.78 Å². The minimum absolute atomic E-state index is 0.201. The van der Waals surface area contributed by atoms with Crippen molar-refractivity contribution in [3.05, 3.63) is 70.9 Å². The fraction of sp³-hybridized carbons (Fsp3) is 0.0556. The number of carbonyl (C=O) groups excluding carboxylic acids is 1. The first-order chi connectivity index (χ1) is 11.9. The van der Waals surface area contributed by atoms with Gasteiger partial charge in [-0.15, -0.1) is 11.3 Å². The third kappa shape index (κ3) is 4.68. The maximum absolute atomic E-state index is 12.4. The minimum atomic E-state index is -2.86. The van der Waals surface area contributed by atoms with Gasteiger partial charge in [-0.3, -0.25) is 9.52 Å². The number of thiophene rings is 1. The first-order valence-electron chi connectivity index (χ1n) is 7.48. The van der Waals surface area contributed by atoms with Crippen molar-refractivity contribution in [2.75, 3.05) is 16.3 Å². The first-order valence-corrected chi connectivity index (χ1v) is 10.3. The van der Waals surface area contributed by atoms with E-state index in [1.165, 1.54) is 17.6 Å². The lowest BCUT2D eigenvalue weighted by Gasteiger charge is -2.09. The largest absolute Gasteiger partial charge is 0.321 e. The highest BCUT2D eigenvalue weighted by molar-refractivity contribution is 7.93. The number of amides is 1. The molecule has 1 amide bonds. The molecule has 1 heterocycles. The molecule has 0 fully saturated rings. The standard InChI is InChI=1S/C18H17N3O2S2/c1-25(19,23)21-16-9-5-8-15(11-16)20-18(22)17-10-14(12-24-17)13-6-3-2-4-7-13/h2-12H,1H3,(H,20,22)(H2,19,21,23). The number of nitrogens with one attached hydrogen (secondary N) is 3. The van der Waals surface area contributed by atoms with Crippen LogP contribution in [0.4, 0.5) is 11.4 Å². The van der Waals surface area contributed by atoms with Gasteiger partial charge < -0.3 is 5.32 Å². The van der Waals surface area contributed by atoms with Gasteiger partial charge >= 0.3 is 0 Å². The average molecular weight is 371 g/mol. The normalized spacial score (nSPS) is 13.0. The maximum Gasteiger partial charge on any atom is 0.265 e. The molecule has 7 heteroatoms. The molecule has 2 aromatic carbocycles. The number of hydrogen-bond donors (Lipinski definition) is 3. The summed E-state index contributed by atoms with van der Waals surface area (Å²) in [4.78, 5) is 13.0. The molecule has 25 heavy (non-hydrogen) atoms. The Morgan fingerprint density at radius 3 is 2.44 bits per heavy atom. The van der Waals surface area contributed by atoms with E-state index < -0.39 is 9.92 Å². The molecule has 1 aromatic heterocycles. The van der Waals surface area contributed by atoms with E-state index in [0.29, 0.717) is 16.3 Å². The Labute approximate surface area is 150 Å². The molecule has 5 nitrogen and oxygen atoms in total. The zero-order valence-corrected chi connectivity index (χ0v) is 15.1. The lowest BCUT2D eigenvalue weighted by Crippen LogP contribution is -2.11. The van der Waals surface area contributed by atoms with Gasteiger partial charge in [-0.05, 0) is 40.8 Å². The summed E-state index contributed by atoms with van der Waals surface area (Å²) in [6.45, 7) is 0. The molecular weight excluding hydrogens is 354 g/mol. The van der Waals surface area contributed by atoms with Gasteiger partial charge in [0.25, 0.3) is 5.91 Å². The zero-order valence-electron chi connectivity index (χ0n) is 13.5. The van der Waals surface area contributed by atoms with Crippen molar-refractivity contribution in [2.24, 2.45) is 0 Å². The fourth-order valence-electron chi connectivity index (χ4n) is 2.32. The van der Waals surface area contributed by atoms with E-state index in [4.69, 9.17) is 4.78 Å². The Kier molecular flexibility index (Phi) is 4.87. The molecular formula is C18H17N3O2S2. The zero-order chi connectivity index (χ0) is 17.9. The quantitative estimate of drug-likeness (QED) is 0.609. The average Bonchev–Trinajstić information content (AvgIpc) is 3.04. The first kappa shape index (κ1) is 17.2. The number of hydrogen-bond acceptors (Lipinski definition) is 4. The molecule has 3 aromatic rings. The Morgan fingerprint density at radius 1 is 1.00 bits per heavy atom. The minimum Gasteiger partial charge on any atom is -0.321 e. The summed E-state index contributed by atoms with van der Waals surface area (Å²) in [7, 11) is -2.86. The molecule has 0 spiro atoms. The highest BCUT2D eigenvalue weighted by Gasteiger charge is 2.11. The monoisotopic (exact) mass is 371 g/mol. The van der Waals surface area contributed by atoms with E-state index in [9.17, 15) is 9.00 Å². The number of carbonyl (C=O) groups is 1. The second kappa shape index (κ2) is 7.08. The lowest BCUT2D eigenvalue weighted by atomic mass is 10.1. The highest BCUT2D eigenvalue weighted by Crippen LogP contribution is 2.26. The molecule has 0 saturated carbocycles. The molecule has 0 radical (unpaired) electrons. The summed E-state index contributed by atoms with van der Waals surface area (Å²) in [5.41, 5.74) is 3.17. The van der Waals surface area contributed by atoms with Crippen LogP contribution in [0.2, 0.25) is 0 Å². The van der Waals surface area contributed by atoms with Gasteiger partial charge in [-0.25, -0.2) is 8.99 Å². The summed E-state index contributed by atoms with van der Waals surface area (Å²) in [6.07, 6.45) is 1.30. The van der Waals surface area contributed by atoms with Crippen LogP contribution in [0.1, 0.15) is 9.67 Å². The smallest absolute Gasteiger partial charge is 0.265 e. The SMILES string of the molecule is CS(=N)(=O)Nc1cccc(NC(=O)c2cc(-c3ccccc3)cs2)c1. The van der Waals surface area contributed by atoms with E-state index in [-0.39, 0.29) is 5.91 Å². The van der Waals surface area contributed by atoms with Gasteiger partial charge in [-0.2, -0.15) is 0 Å². The molecule has 1 atom stereocenters. The fourth-order valence-corrected chi connectivity index (χ4v) is 3.70. The van der Waals surface area contributed by atoms with E-state index in [0.717, 1.165) is 11.1 Å². The number of anilines is 2. The van der Waals surface area contributed by atoms with Crippen LogP contribution in [0.5, 0.6) is 0 Å². The van der Waals surface area contributed by atoms with Gasteiger partial charge in [0.05, 0.1) is 4.88 Å². The highest BCUT2D eigenvalue weighted by atomic mass is 32.2. The topological polar surface area (TPSA) is 82.1 Å². The molecule has 1 unspecified atom stereocenters. The second-order valence-corrected chi connectivity index (χ2v) is 8.35. The molecule has 128 valence electrons. The molecule has 3 rings (SSSR count). The number of benzene rings is 2. The van der Waals surface area contributed by atoms with Gasteiger partial charge in [0.15, 0.2) is 0 Å². The third-order valence-corrected chi connectivity index (χ3v) is 4.92. The van der Waals surface area contributed by atoms with Crippen molar-refractivity contribution in [2.45, 2.75) is 0 Å². The van der Waals surface area contributed by atoms with Gasteiger partial charge in [0.1, 0.15) is 9.92 Å². The molecule has 0 saturated heterocycles. The van der Waals surface area contributed by atoms with Gasteiger partial charge in [-0.1, -0.05) is 36.4 Å². The summed E-state index contributed by atoms with van der Waals surface area (Å²) in [5, 5.41) is 4.78. The van der Waals surface area contributed by atoms with Crippen LogP contribution in [0.3, 0.4) is 0 Å². The summed E-state index contributed by atoms with van der Waals surface area (Å²) in [5.74, 6) is -0.201. The lowest BCUT2D eigenvalue weighted by molar-refractivity contribution is 0.103. The third-order valence-electron chi connectivity index (χ3n) is 3.36. The number of rotatable bonds is 5. The molecule has 0 aliphatic heterocycles. The summed E-state index contributed by atoms with van der Waals surface area (Å²) in [6, 6.07) is 18.6. The van der Waals surface area contributed by atoms with Crippen LogP contribution in [0, 0.1) is 4.78 Å². The van der Waals surface area contributed by atoms with Gasteiger partial charge in [0.2, 0.25) is 0 Å². The summed E-state index contributed by atoms with van der Waals surface area (Å²) < 4.78 is 21.6. The van der Waals surface area contributed by atoms with Crippen LogP contribution in [-0.2, 0) is 9.92 Å². The van der Waals surface area contributed by atoms with Gasteiger partial charge in [0, 0.05) is 17.6 Å². The van der Waals surface area contributed by atoms with Crippen molar-refractivity contribution >= 4 is 38.5 Å². The van der Waals surface area contributed by atoms with Crippen LogP contribution < -0.4 is 10.0 Å². The Balaban J connectivity index is 1.75. The summed E-state index contributed by atoms with van der Waals surface area (Å²) >= 11 is 1.38. The van der Waals surface area contributed by atoms with E-state index in [2.05, 4.69) is 10.0 Å². The van der Waals surface area contributed by atoms with Crippen LogP contribution in [0.25, 0.3) is 11.1 Å². The van der Waals surface area contributed by atoms with Crippen LogP contribution in [0.15, 0.2) is 66.0 Å². The predicted octanol–water partition coefficient (Wildman–Crippen LogP) is 4.67. The Morgan fingerprint density at radius 2 is 1.72 bits per heavy atom. The van der Waals surface area contributed by atoms with Crippen LogP contribution in [-0.4, -0.2) is 16.4 Å². The maximum atomic E-state index is 12.4. The van der Waals surface area contributed by atoms with E-state index in [1.54, 1.807) is 24.3 Å². The van der Waals surface area contributed by atoms with Crippen molar-refractivity contribution in [1.82, 2.24) is 0 Å². The van der Waals surface area contributed by atoms with E-state index in [1.807, 2.05) is 41.8 Å². The van der Waals surface area contributed by atoms with Crippen molar-refractivity contribution in [3.8, 4) is 11.1 Å². The molecule has 0 aliphatic rings. The molecule has 0 aliphatic carbocycles. The molecule has 0 bridgehead atoms.